The van der Waals surface area contributed by atoms with Crippen molar-refractivity contribution >= 4 is 52.4 Å². The molecule has 0 radical (unpaired) electrons. The molecular formula is C4H4Cl4O2. The summed E-state index contributed by atoms with van der Waals surface area (Å²) in [5.41, 5.74) is 0. The van der Waals surface area contributed by atoms with Crippen molar-refractivity contribution in [2.45, 2.75) is 3.79 Å². The molecule has 0 aromatic carbocycles. The van der Waals surface area contributed by atoms with Gasteiger partial charge < -0.3 is 4.74 Å². The molecule has 0 fully saturated rings. The number of ether oxygens (including phenoxy) is 1. The molecule has 0 aliphatic rings. The van der Waals surface area contributed by atoms with Crippen LogP contribution in [0.3, 0.4) is 0 Å². The highest BCUT2D eigenvalue weighted by molar-refractivity contribution is 6.75. The van der Waals surface area contributed by atoms with Gasteiger partial charge in [-0.2, -0.15) is 0 Å². The maximum Gasteiger partial charge on any atom is 0.358 e. The Morgan fingerprint density at radius 1 is 1.40 bits per heavy atom. The van der Waals surface area contributed by atoms with Gasteiger partial charge in [-0.25, -0.2) is 4.79 Å². The van der Waals surface area contributed by atoms with E-state index in [1.54, 1.807) is 0 Å². The first-order valence-electron chi connectivity index (χ1n) is 2.28. The molecule has 0 spiro atoms. The number of alkyl halides is 4. The Morgan fingerprint density at radius 2 is 1.90 bits per heavy atom. The van der Waals surface area contributed by atoms with Crippen LogP contribution in [0.5, 0.6) is 0 Å². The quantitative estimate of drug-likeness (QED) is 0.532. The minimum Gasteiger partial charge on any atom is -0.461 e. The number of hydrogen-bond acceptors (Lipinski definition) is 2. The lowest BCUT2D eigenvalue weighted by Crippen LogP contribution is -2.22. The van der Waals surface area contributed by atoms with Crippen LogP contribution < -0.4 is 0 Å². The standard InChI is InChI=1S/C4H4Cl4O2/c5-1-2-10-3(9)4(6,7)8/h1-2H2. The maximum absolute atomic E-state index is 10.5. The van der Waals surface area contributed by atoms with E-state index in [0.717, 1.165) is 0 Å². The van der Waals surface area contributed by atoms with Gasteiger partial charge in [0.05, 0.1) is 5.88 Å². The van der Waals surface area contributed by atoms with E-state index in [1.165, 1.54) is 0 Å². The van der Waals surface area contributed by atoms with Gasteiger partial charge in [0.25, 0.3) is 3.79 Å². The maximum atomic E-state index is 10.5. The molecule has 0 aromatic rings. The third-order valence-electron chi connectivity index (χ3n) is 0.542. The van der Waals surface area contributed by atoms with Crippen LogP contribution in [0.15, 0.2) is 0 Å². The number of esters is 1. The molecule has 0 aliphatic heterocycles. The Labute approximate surface area is 78.3 Å². The molecule has 0 bridgehead atoms. The van der Waals surface area contributed by atoms with E-state index in [-0.39, 0.29) is 12.5 Å². The van der Waals surface area contributed by atoms with Crippen molar-refractivity contribution in [2.75, 3.05) is 12.5 Å². The van der Waals surface area contributed by atoms with Crippen molar-refractivity contribution < 1.29 is 9.53 Å². The second-order valence-electron chi connectivity index (χ2n) is 1.32. The largest absolute Gasteiger partial charge is 0.461 e. The summed E-state index contributed by atoms with van der Waals surface area (Å²) in [4.78, 5) is 10.5. The molecule has 0 atom stereocenters. The van der Waals surface area contributed by atoms with Crippen LogP contribution in [-0.4, -0.2) is 22.2 Å². The van der Waals surface area contributed by atoms with Gasteiger partial charge in [-0.05, 0) is 0 Å². The first-order chi connectivity index (χ1) is 4.48. The monoisotopic (exact) mass is 224 g/mol. The molecule has 0 aliphatic carbocycles. The van der Waals surface area contributed by atoms with Crippen LogP contribution >= 0.6 is 46.4 Å². The Kier molecular flexibility index (Phi) is 4.78. The minimum atomic E-state index is -1.99. The van der Waals surface area contributed by atoms with Gasteiger partial charge >= 0.3 is 5.97 Å². The van der Waals surface area contributed by atoms with Crippen molar-refractivity contribution in [2.24, 2.45) is 0 Å². The normalized spacial score (nSPS) is 11.2. The molecule has 6 heteroatoms. The third-order valence-corrected chi connectivity index (χ3v) is 1.16. The summed E-state index contributed by atoms with van der Waals surface area (Å²) in [7, 11) is 0. The first-order valence-corrected chi connectivity index (χ1v) is 3.95. The lowest BCUT2D eigenvalue weighted by atomic mass is 10.7. The summed E-state index contributed by atoms with van der Waals surface area (Å²) in [6.07, 6.45) is 0. The highest BCUT2D eigenvalue weighted by atomic mass is 35.6. The summed E-state index contributed by atoms with van der Waals surface area (Å²) in [5.74, 6) is -0.717. The molecule has 60 valence electrons. The van der Waals surface area contributed by atoms with Crippen molar-refractivity contribution in [1.29, 1.82) is 0 Å². The van der Waals surface area contributed by atoms with Crippen LogP contribution in [0.1, 0.15) is 0 Å². The Balaban J connectivity index is 3.64. The van der Waals surface area contributed by atoms with Crippen LogP contribution in [0.4, 0.5) is 0 Å². The smallest absolute Gasteiger partial charge is 0.358 e. The summed E-state index contributed by atoms with van der Waals surface area (Å²) in [6, 6.07) is 0. The van der Waals surface area contributed by atoms with Crippen molar-refractivity contribution in [1.82, 2.24) is 0 Å². The van der Waals surface area contributed by atoms with E-state index >= 15 is 0 Å². The van der Waals surface area contributed by atoms with Crippen LogP contribution in [0, 0.1) is 0 Å². The van der Waals surface area contributed by atoms with Crippen LogP contribution in [0.2, 0.25) is 0 Å². The van der Waals surface area contributed by atoms with Crippen molar-refractivity contribution in [3.8, 4) is 0 Å². The Morgan fingerprint density at radius 3 is 2.20 bits per heavy atom. The lowest BCUT2D eigenvalue weighted by Gasteiger charge is -2.08. The fourth-order valence-corrected chi connectivity index (χ4v) is 0.454. The number of hydrogen-bond donors (Lipinski definition) is 0. The summed E-state index contributed by atoms with van der Waals surface area (Å²) >= 11 is 20.6. The SMILES string of the molecule is O=C(OCCCl)C(Cl)(Cl)Cl. The third kappa shape index (κ3) is 4.45. The topological polar surface area (TPSA) is 26.3 Å². The molecule has 0 saturated heterocycles. The van der Waals surface area contributed by atoms with E-state index in [9.17, 15) is 4.79 Å². The molecule has 0 N–H and O–H groups in total. The zero-order valence-corrected chi connectivity index (χ0v) is 7.77. The summed E-state index contributed by atoms with van der Waals surface area (Å²) in [6.45, 7) is 0.0499. The van der Waals surface area contributed by atoms with Gasteiger partial charge in [0, 0.05) is 0 Å². The Bertz CT molecular complexity index is 119. The molecular weight excluding hydrogens is 222 g/mol. The second-order valence-corrected chi connectivity index (χ2v) is 3.98. The lowest BCUT2D eigenvalue weighted by molar-refractivity contribution is -0.141. The van der Waals surface area contributed by atoms with E-state index < -0.39 is 9.76 Å². The molecule has 0 saturated carbocycles. The summed E-state index contributed by atoms with van der Waals surface area (Å²) < 4.78 is 2.39. The molecule has 0 rings (SSSR count). The molecule has 0 heterocycles. The number of carbonyl (C=O) groups excluding carboxylic acids is 1. The fraction of sp³-hybridized carbons (Fsp3) is 0.750. The van der Waals surface area contributed by atoms with Crippen molar-refractivity contribution in [3.05, 3.63) is 0 Å². The van der Waals surface area contributed by atoms with Gasteiger partial charge in [-0.1, -0.05) is 34.8 Å². The van der Waals surface area contributed by atoms with E-state index in [2.05, 4.69) is 4.74 Å². The number of rotatable bonds is 2. The van der Waals surface area contributed by atoms with Gasteiger partial charge in [0.2, 0.25) is 0 Å². The average molecular weight is 226 g/mol. The predicted molar refractivity (Wildman–Crippen MR) is 42.0 cm³/mol. The zero-order chi connectivity index (χ0) is 8.20. The highest BCUT2D eigenvalue weighted by Crippen LogP contribution is 2.27. The van der Waals surface area contributed by atoms with Gasteiger partial charge in [-0.3, -0.25) is 0 Å². The predicted octanol–water partition coefficient (Wildman–Crippen LogP) is 2.14. The van der Waals surface area contributed by atoms with Crippen molar-refractivity contribution in [3.63, 3.8) is 0 Å². The van der Waals surface area contributed by atoms with Crippen LogP contribution in [0.25, 0.3) is 0 Å². The van der Waals surface area contributed by atoms with Crippen LogP contribution in [-0.2, 0) is 9.53 Å². The first kappa shape index (κ1) is 10.6. The molecule has 2 nitrogen and oxygen atoms in total. The zero-order valence-electron chi connectivity index (χ0n) is 4.74. The van der Waals surface area contributed by atoms with Gasteiger partial charge in [0.1, 0.15) is 6.61 Å². The fourth-order valence-electron chi connectivity index (χ4n) is 0.213. The van der Waals surface area contributed by atoms with E-state index in [4.69, 9.17) is 46.4 Å². The molecule has 10 heavy (non-hydrogen) atoms. The van der Waals surface area contributed by atoms with E-state index in [1.807, 2.05) is 0 Å². The second kappa shape index (κ2) is 4.50. The van der Waals surface area contributed by atoms with E-state index in [0.29, 0.717) is 0 Å². The molecule has 0 aromatic heterocycles. The molecule has 0 unspecified atom stereocenters. The summed E-state index contributed by atoms with van der Waals surface area (Å²) in [5, 5.41) is 0. The number of halogens is 4. The number of carbonyl (C=O) groups is 1. The average Bonchev–Trinajstić information content (AvgIpc) is 1.80. The highest BCUT2D eigenvalue weighted by Gasteiger charge is 2.32. The minimum absolute atomic E-state index is 0.0499. The van der Waals surface area contributed by atoms with Gasteiger partial charge in [-0.15, -0.1) is 11.6 Å². The van der Waals surface area contributed by atoms with Gasteiger partial charge in [0.15, 0.2) is 0 Å². The Hall–Kier alpha value is 0.630. The molecule has 0 amide bonds.